The van der Waals surface area contributed by atoms with Crippen LogP contribution in [0.25, 0.3) is 0 Å². The van der Waals surface area contributed by atoms with Gasteiger partial charge in [0.05, 0.1) is 5.92 Å². The summed E-state index contributed by atoms with van der Waals surface area (Å²) in [7, 11) is 0. The van der Waals surface area contributed by atoms with Crippen LogP contribution in [0, 0.1) is 20.8 Å². The van der Waals surface area contributed by atoms with Gasteiger partial charge in [0, 0.05) is 5.69 Å². The van der Waals surface area contributed by atoms with Gasteiger partial charge in [-0.25, -0.2) is 0 Å². The molecule has 21 heavy (non-hydrogen) atoms. The fourth-order valence-corrected chi connectivity index (χ4v) is 2.85. The summed E-state index contributed by atoms with van der Waals surface area (Å²) < 4.78 is 0. The summed E-state index contributed by atoms with van der Waals surface area (Å²) in [5.41, 5.74) is 5.46. The molecular weight excluding hydrogens is 258 g/mol. The molecule has 1 N–H and O–H groups in total. The van der Waals surface area contributed by atoms with Gasteiger partial charge in [0.25, 0.3) is 0 Å². The van der Waals surface area contributed by atoms with E-state index in [1.807, 2.05) is 51.1 Å². The SMILES string of the molecule is CC[C@@H](C(=O)Nc1c(C)cc(C)cc1C)c1ccccc1. The second-order valence-corrected chi connectivity index (χ2v) is 5.63. The Balaban J connectivity index is 2.25. The van der Waals surface area contributed by atoms with Crippen LogP contribution >= 0.6 is 0 Å². The normalized spacial score (nSPS) is 12.0. The van der Waals surface area contributed by atoms with Crippen LogP contribution < -0.4 is 5.32 Å². The molecule has 0 unspecified atom stereocenters. The van der Waals surface area contributed by atoms with Crippen molar-refractivity contribution in [2.75, 3.05) is 5.32 Å². The minimum Gasteiger partial charge on any atom is -0.325 e. The zero-order valence-electron chi connectivity index (χ0n) is 13.2. The number of nitrogens with one attached hydrogen (secondary N) is 1. The largest absolute Gasteiger partial charge is 0.325 e. The molecule has 0 radical (unpaired) electrons. The van der Waals surface area contributed by atoms with Gasteiger partial charge >= 0.3 is 0 Å². The molecule has 0 aromatic heterocycles. The lowest BCUT2D eigenvalue weighted by Gasteiger charge is -2.18. The highest BCUT2D eigenvalue weighted by Crippen LogP contribution is 2.26. The molecule has 0 fully saturated rings. The number of hydrogen-bond donors (Lipinski definition) is 1. The van der Waals surface area contributed by atoms with Crippen LogP contribution in [0.1, 0.15) is 41.5 Å². The Morgan fingerprint density at radius 2 is 1.62 bits per heavy atom. The van der Waals surface area contributed by atoms with E-state index in [1.165, 1.54) is 5.56 Å². The van der Waals surface area contributed by atoms with Crippen LogP contribution in [0.4, 0.5) is 5.69 Å². The molecule has 0 spiro atoms. The minimum absolute atomic E-state index is 0.0683. The highest BCUT2D eigenvalue weighted by molar-refractivity contribution is 5.97. The molecule has 2 rings (SSSR count). The topological polar surface area (TPSA) is 29.1 Å². The molecule has 2 nitrogen and oxygen atoms in total. The van der Waals surface area contributed by atoms with Crippen LogP contribution in [-0.2, 0) is 4.79 Å². The second kappa shape index (κ2) is 6.57. The quantitative estimate of drug-likeness (QED) is 0.861. The highest BCUT2D eigenvalue weighted by Gasteiger charge is 2.19. The Morgan fingerprint density at radius 3 is 2.14 bits per heavy atom. The second-order valence-electron chi connectivity index (χ2n) is 5.63. The molecule has 2 aromatic rings. The van der Waals surface area contributed by atoms with Gasteiger partial charge in [0.1, 0.15) is 0 Å². The molecule has 2 heteroatoms. The molecule has 110 valence electrons. The zero-order chi connectivity index (χ0) is 15.4. The summed E-state index contributed by atoms with van der Waals surface area (Å²) >= 11 is 0. The lowest BCUT2D eigenvalue weighted by molar-refractivity contribution is -0.117. The van der Waals surface area contributed by atoms with Crippen LogP contribution in [0.3, 0.4) is 0 Å². The molecule has 0 saturated heterocycles. The summed E-state index contributed by atoms with van der Waals surface area (Å²) in [5.74, 6) is -0.0370. The molecule has 0 aliphatic heterocycles. The number of carbonyl (C=O) groups excluding carboxylic acids is 1. The van der Waals surface area contributed by atoms with E-state index in [2.05, 4.69) is 24.4 Å². The standard InChI is InChI=1S/C19H23NO/c1-5-17(16-9-7-6-8-10-16)19(21)20-18-14(3)11-13(2)12-15(18)4/h6-12,17H,5H2,1-4H3,(H,20,21)/t17-/m1/s1. The average Bonchev–Trinajstić information content (AvgIpc) is 2.45. The van der Waals surface area contributed by atoms with Crippen molar-refractivity contribution >= 4 is 11.6 Å². The van der Waals surface area contributed by atoms with Gasteiger partial charge in [-0.1, -0.05) is 55.0 Å². The molecule has 0 aliphatic rings. The van der Waals surface area contributed by atoms with E-state index in [0.29, 0.717) is 0 Å². The fraction of sp³-hybridized carbons (Fsp3) is 0.316. The number of benzene rings is 2. The van der Waals surface area contributed by atoms with Gasteiger partial charge in [0.2, 0.25) is 5.91 Å². The van der Waals surface area contributed by atoms with E-state index in [0.717, 1.165) is 28.8 Å². The Labute approximate surface area is 127 Å². The van der Waals surface area contributed by atoms with Gasteiger partial charge in [-0.15, -0.1) is 0 Å². The third-order valence-electron chi connectivity index (χ3n) is 3.85. The first kappa shape index (κ1) is 15.3. The van der Waals surface area contributed by atoms with Gasteiger partial charge in [-0.05, 0) is 43.9 Å². The first-order chi connectivity index (χ1) is 10.0. The molecule has 0 bridgehead atoms. The van der Waals surface area contributed by atoms with Gasteiger partial charge in [-0.3, -0.25) is 4.79 Å². The lowest BCUT2D eigenvalue weighted by Crippen LogP contribution is -2.21. The van der Waals surface area contributed by atoms with Crippen molar-refractivity contribution in [2.24, 2.45) is 0 Å². The number of rotatable bonds is 4. The van der Waals surface area contributed by atoms with E-state index >= 15 is 0 Å². The van der Waals surface area contributed by atoms with Crippen molar-refractivity contribution in [3.05, 3.63) is 64.7 Å². The Kier molecular flexibility index (Phi) is 4.79. The van der Waals surface area contributed by atoms with E-state index < -0.39 is 0 Å². The number of hydrogen-bond acceptors (Lipinski definition) is 1. The minimum atomic E-state index is -0.105. The smallest absolute Gasteiger partial charge is 0.231 e. The number of anilines is 1. The summed E-state index contributed by atoms with van der Waals surface area (Å²) in [6.07, 6.45) is 0.791. The predicted molar refractivity (Wildman–Crippen MR) is 88.8 cm³/mol. The van der Waals surface area contributed by atoms with Crippen molar-refractivity contribution in [2.45, 2.75) is 40.0 Å². The predicted octanol–water partition coefficient (Wildman–Crippen LogP) is 4.74. The van der Waals surface area contributed by atoms with Crippen LogP contribution in [0.5, 0.6) is 0 Å². The van der Waals surface area contributed by atoms with E-state index in [9.17, 15) is 4.79 Å². The van der Waals surface area contributed by atoms with Crippen molar-refractivity contribution in [1.82, 2.24) is 0 Å². The van der Waals surface area contributed by atoms with Crippen molar-refractivity contribution in [3.8, 4) is 0 Å². The summed E-state index contributed by atoms with van der Waals surface area (Å²) in [5, 5.41) is 3.12. The molecule has 1 atom stereocenters. The molecule has 1 amide bonds. The Bertz CT molecular complexity index is 608. The van der Waals surface area contributed by atoms with Crippen molar-refractivity contribution in [1.29, 1.82) is 0 Å². The third kappa shape index (κ3) is 3.52. The molecule has 2 aromatic carbocycles. The van der Waals surface area contributed by atoms with Gasteiger partial charge < -0.3 is 5.32 Å². The first-order valence-electron chi connectivity index (χ1n) is 7.46. The van der Waals surface area contributed by atoms with Gasteiger partial charge in [-0.2, -0.15) is 0 Å². The molecular formula is C19H23NO. The average molecular weight is 281 g/mol. The zero-order valence-corrected chi connectivity index (χ0v) is 13.2. The van der Waals surface area contributed by atoms with Crippen molar-refractivity contribution in [3.63, 3.8) is 0 Å². The highest BCUT2D eigenvalue weighted by atomic mass is 16.1. The summed E-state index contributed by atoms with van der Waals surface area (Å²) in [4.78, 5) is 12.6. The van der Waals surface area contributed by atoms with Crippen molar-refractivity contribution < 1.29 is 4.79 Å². The maximum Gasteiger partial charge on any atom is 0.231 e. The third-order valence-corrected chi connectivity index (χ3v) is 3.85. The van der Waals surface area contributed by atoms with E-state index in [4.69, 9.17) is 0 Å². The summed E-state index contributed by atoms with van der Waals surface area (Å²) in [6, 6.07) is 14.2. The Morgan fingerprint density at radius 1 is 1.05 bits per heavy atom. The first-order valence-corrected chi connectivity index (χ1v) is 7.46. The Hall–Kier alpha value is -2.09. The van der Waals surface area contributed by atoms with Crippen LogP contribution in [0.2, 0.25) is 0 Å². The number of aryl methyl sites for hydroxylation is 3. The molecule has 0 aliphatic carbocycles. The van der Waals surface area contributed by atoms with Gasteiger partial charge in [0.15, 0.2) is 0 Å². The maximum absolute atomic E-state index is 12.6. The summed E-state index contributed by atoms with van der Waals surface area (Å²) in [6.45, 7) is 8.20. The lowest BCUT2D eigenvalue weighted by atomic mass is 9.95. The molecule has 0 saturated carbocycles. The van der Waals surface area contributed by atoms with Crippen LogP contribution in [0.15, 0.2) is 42.5 Å². The van der Waals surface area contributed by atoms with E-state index in [1.54, 1.807) is 0 Å². The fourth-order valence-electron chi connectivity index (χ4n) is 2.85. The van der Waals surface area contributed by atoms with E-state index in [-0.39, 0.29) is 11.8 Å². The van der Waals surface area contributed by atoms with Crippen LogP contribution in [-0.4, -0.2) is 5.91 Å². The monoisotopic (exact) mass is 281 g/mol. The maximum atomic E-state index is 12.6. The number of carbonyl (C=O) groups is 1. The molecule has 0 heterocycles. The number of amides is 1.